The summed E-state index contributed by atoms with van der Waals surface area (Å²) in [5, 5.41) is 6.45. The molecule has 38 heavy (non-hydrogen) atoms. The molecule has 0 saturated carbocycles. The first-order valence-corrected chi connectivity index (χ1v) is 12.4. The molecule has 0 unspecified atom stereocenters. The van der Waals surface area contributed by atoms with E-state index in [0.29, 0.717) is 32.7 Å². The van der Waals surface area contributed by atoms with Gasteiger partial charge in [0, 0.05) is 42.1 Å². The summed E-state index contributed by atoms with van der Waals surface area (Å²) in [5.74, 6) is -0.590. The zero-order chi connectivity index (χ0) is 26.6. The molecule has 0 aliphatic carbocycles. The third kappa shape index (κ3) is 5.66. The summed E-state index contributed by atoms with van der Waals surface area (Å²) in [4.78, 5) is 49.4. The normalized spacial score (nSPS) is 14.9. The number of halogens is 2. The van der Waals surface area contributed by atoms with E-state index in [2.05, 4.69) is 20.6 Å². The average molecular weight is 546 g/mol. The fourth-order valence-electron chi connectivity index (χ4n) is 4.18. The fourth-order valence-corrected chi connectivity index (χ4v) is 4.47. The summed E-state index contributed by atoms with van der Waals surface area (Å²) in [5.41, 5.74) is 2.70. The van der Waals surface area contributed by atoms with Crippen LogP contribution in [-0.4, -0.2) is 38.6 Å². The lowest BCUT2D eigenvalue weighted by Crippen LogP contribution is -2.46. The molecule has 0 bridgehead atoms. The third-order valence-electron chi connectivity index (χ3n) is 6.10. The molecule has 5 rings (SSSR count). The lowest BCUT2D eigenvalue weighted by Gasteiger charge is -2.29. The van der Waals surface area contributed by atoms with Crippen LogP contribution in [0.15, 0.2) is 85.3 Å². The van der Waals surface area contributed by atoms with E-state index in [4.69, 9.17) is 23.2 Å². The average Bonchev–Trinajstić information content (AvgIpc) is 3.00. The first-order valence-electron chi connectivity index (χ1n) is 11.7. The van der Waals surface area contributed by atoms with Crippen molar-refractivity contribution >= 4 is 52.4 Å². The van der Waals surface area contributed by atoms with Crippen molar-refractivity contribution in [3.05, 3.63) is 118 Å². The number of aromatic nitrogens is 2. The molecule has 3 heterocycles. The van der Waals surface area contributed by atoms with E-state index in [1.807, 2.05) is 6.07 Å². The van der Waals surface area contributed by atoms with E-state index in [1.165, 1.54) is 11.1 Å². The molecule has 1 aliphatic heterocycles. The van der Waals surface area contributed by atoms with Gasteiger partial charge in [-0.1, -0.05) is 41.4 Å². The molecular weight excluding hydrogens is 525 g/mol. The summed E-state index contributed by atoms with van der Waals surface area (Å²) in [6, 6.07) is 17.7. The Kier molecular flexibility index (Phi) is 7.35. The Morgan fingerprint density at radius 1 is 0.947 bits per heavy atom. The Balaban J connectivity index is 1.40. The minimum atomic E-state index is -0.795. The highest BCUT2D eigenvalue weighted by Crippen LogP contribution is 2.29. The van der Waals surface area contributed by atoms with Crippen LogP contribution in [0.2, 0.25) is 10.0 Å². The lowest BCUT2D eigenvalue weighted by atomic mass is 10.0. The molecule has 2 N–H and O–H groups in total. The number of amides is 3. The number of hydrogen-bond donors (Lipinski definition) is 2. The van der Waals surface area contributed by atoms with Crippen LogP contribution in [0.5, 0.6) is 0 Å². The zero-order valence-corrected chi connectivity index (χ0v) is 21.4. The number of carbonyl (C=O) groups is 3. The van der Waals surface area contributed by atoms with Crippen LogP contribution in [0.25, 0.3) is 0 Å². The molecular formula is C28H21Cl2N5O3. The minimum absolute atomic E-state index is 0.153. The van der Waals surface area contributed by atoms with Crippen LogP contribution in [-0.2, 0) is 17.8 Å². The highest BCUT2D eigenvalue weighted by molar-refractivity contribution is 6.31. The Bertz CT molecular complexity index is 1500. The summed E-state index contributed by atoms with van der Waals surface area (Å²) >= 11 is 12.0. The van der Waals surface area contributed by atoms with Crippen molar-refractivity contribution in [3.8, 4) is 0 Å². The molecule has 0 fully saturated rings. The van der Waals surface area contributed by atoms with Gasteiger partial charge < -0.3 is 15.5 Å². The monoisotopic (exact) mass is 545 g/mol. The number of nitrogens with one attached hydrogen (secondary N) is 2. The number of rotatable bonds is 6. The molecule has 2 aromatic carbocycles. The molecule has 3 amide bonds. The fraction of sp³-hybridized carbons (Fsp3) is 0.107. The topological polar surface area (TPSA) is 104 Å². The van der Waals surface area contributed by atoms with E-state index < -0.39 is 6.04 Å². The number of nitrogens with zero attached hydrogens (tertiary/aromatic N) is 3. The van der Waals surface area contributed by atoms with Crippen molar-refractivity contribution in [1.82, 2.24) is 14.9 Å². The maximum absolute atomic E-state index is 13.7. The van der Waals surface area contributed by atoms with E-state index in [0.717, 1.165) is 11.1 Å². The molecule has 1 aliphatic rings. The molecule has 0 saturated heterocycles. The van der Waals surface area contributed by atoms with Crippen molar-refractivity contribution in [1.29, 1.82) is 0 Å². The Morgan fingerprint density at radius 2 is 1.74 bits per heavy atom. The van der Waals surface area contributed by atoms with Crippen LogP contribution in [0.3, 0.4) is 0 Å². The molecule has 190 valence electrons. The highest BCUT2D eigenvalue weighted by atomic mass is 35.5. The summed E-state index contributed by atoms with van der Waals surface area (Å²) in [6.45, 7) is 0.153. The van der Waals surface area contributed by atoms with Crippen LogP contribution >= 0.6 is 23.2 Å². The van der Waals surface area contributed by atoms with Gasteiger partial charge >= 0.3 is 0 Å². The number of carbonyl (C=O) groups excluding carboxylic acids is 3. The minimum Gasteiger partial charge on any atom is -0.323 e. The second-order valence-electron chi connectivity index (χ2n) is 8.71. The maximum Gasteiger partial charge on any atom is 0.256 e. The molecule has 2 aromatic heterocycles. The summed E-state index contributed by atoms with van der Waals surface area (Å²) in [7, 11) is 0. The number of anilines is 2. The largest absolute Gasteiger partial charge is 0.323 e. The van der Waals surface area contributed by atoms with Gasteiger partial charge in [-0.15, -0.1) is 0 Å². The zero-order valence-electron chi connectivity index (χ0n) is 19.9. The van der Waals surface area contributed by atoms with Crippen molar-refractivity contribution in [2.45, 2.75) is 19.0 Å². The van der Waals surface area contributed by atoms with Crippen LogP contribution in [0.4, 0.5) is 11.5 Å². The number of pyridine rings is 2. The Hall–Kier alpha value is -4.27. The Labute approximate surface area is 228 Å². The summed E-state index contributed by atoms with van der Waals surface area (Å²) in [6.07, 6.45) is 5.05. The van der Waals surface area contributed by atoms with Gasteiger partial charge in [0.05, 0.1) is 16.3 Å². The maximum atomic E-state index is 13.7. The third-order valence-corrected chi connectivity index (χ3v) is 6.56. The number of hydrogen-bond acceptors (Lipinski definition) is 5. The SMILES string of the molecule is O=C(Nc1ccc(Cl)cn1)c1ccc(CN2C(=O)c3ccc(Cl)cc3NC(=O)[C@H]2Cc2cccnc2)cc1. The van der Waals surface area contributed by atoms with Crippen LogP contribution < -0.4 is 10.6 Å². The van der Waals surface area contributed by atoms with E-state index in [-0.39, 0.29) is 30.7 Å². The van der Waals surface area contributed by atoms with Crippen molar-refractivity contribution in [2.75, 3.05) is 10.6 Å². The van der Waals surface area contributed by atoms with Crippen LogP contribution in [0.1, 0.15) is 31.8 Å². The van der Waals surface area contributed by atoms with E-state index in [1.54, 1.807) is 73.1 Å². The van der Waals surface area contributed by atoms with Gasteiger partial charge in [-0.05, 0) is 59.7 Å². The second-order valence-corrected chi connectivity index (χ2v) is 9.58. The van der Waals surface area contributed by atoms with Gasteiger partial charge in [-0.2, -0.15) is 0 Å². The predicted molar refractivity (Wildman–Crippen MR) is 145 cm³/mol. The molecule has 8 nitrogen and oxygen atoms in total. The standard InChI is InChI=1S/C28H21Cl2N5O3/c29-20-7-9-22-23(13-20)33-27(37)24(12-18-2-1-11-31-14-18)35(28(22)38)16-17-3-5-19(6-4-17)26(36)34-25-10-8-21(30)15-32-25/h1-11,13-15,24H,12,16H2,(H,33,37)(H,32,34,36)/t24-/m1/s1. The van der Waals surface area contributed by atoms with Gasteiger partial charge in [-0.3, -0.25) is 19.4 Å². The molecule has 0 radical (unpaired) electrons. The smallest absolute Gasteiger partial charge is 0.256 e. The first-order chi connectivity index (χ1) is 18.4. The van der Waals surface area contributed by atoms with Crippen molar-refractivity contribution < 1.29 is 14.4 Å². The van der Waals surface area contributed by atoms with Gasteiger partial charge in [0.15, 0.2) is 0 Å². The molecule has 1 atom stereocenters. The lowest BCUT2D eigenvalue weighted by molar-refractivity contribution is -0.120. The number of benzene rings is 2. The first kappa shape index (κ1) is 25.4. The summed E-state index contributed by atoms with van der Waals surface area (Å²) < 4.78 is 0. The van der Waals surface area contributed by atoms with Gasteiger partial charge in [0.2, 0.25) is 5.91 Å². The molecule has 10 heteroatoms. The van der Waals surface area contributed by atoms with E-state index in [9.17, 15) is 14.4 Å². The van der Waals surface area contributed by atoms with Gasteiger partial charge in [0.1, 0.15) is 11.9 Å². The van der Waals surface area contributed by atoms with Crippen LogP contribution in [0, 0.1) is 0 Å². The van der Waals surface area contributed by atoms with Crippen molar-refractivity contribution in [3.63, 3.8) is 0 Å². The van der Waals surface area contributed by atoms with Gasteiger partial charge in [0.25, 0.3) is 11.8 Å². The van der Waals surface area contributed by atoms with E-state index >= 15 is 0 Å². The predicted octanol–water partition coefficient (Wildman–Crippen LogP) is 5.24. The quantitative estimate of drug-likeness (QED) is 0.344. The second kappa shape index (κ2) is 11.0. The molecule has 0 spiro atoms. The number of fused-ring (bicyclic) bond motifs is 1. The van der Waals surface area contributed by atoms with Crippen molar-refractivity contribution in [2.24, 2.45) is 0 Å². The van der Waals surface area contributed by atoms with Gasteiger partial charge in [-0.25, -0.2) is 4.98 Å². The highest BCUT2D eigenvalue weighted by Gasteiger charge is 2.35. The molecule has 4 aromatic rings. The Morgan fingerprint density at radius 3 is 2.45 bits per heavy atom.